The number of hydrogen-bond acceptors (Lipinski definition) is 4. The summed E-state index contributed by atoms with van der Waals surface area (Å²) in [6.07, 6.45) is 3.54. The average molecular weight is 366 g/mol. The van der Waals surface area contributed by atoms with Crippen molar-refractivity contribution in [2.75, 3.05) is 19.5 Å². The van der Waals surface area contributed by atoms with Crippen LogP contribution in [0.5, 0.6) is 11.5 Å². The highest BCUT2D eigenvalue weighted by Crippen LogP contribution is 2.25. The van der Waals surface area contributed by atoms with Crippen molar-refractivity contribution in [2.45, 2.75) is 6.04 Å². The number of hydrogen-bond donors (Lipinski definition) is 2. The van der Waals surface area contributed by atoms with E-state index in [0.29, 0.717) is 11.4 Å². The molecule has 0 saturated heterocycles. The van der Waals surface area contributed by atoms with Gasteiger partial charge in [-0.3, -0.25) is 0 Å². The molecule has 0 aliphatic carbocycles. The molecule has 3 aromatic rings. The van der Waals surface area contributed by atoms with Crippen molar-refractivity contribution >= 4 is 11.7 Å². The molecule has 3 rings (SSSR count). The van der Waals surface area contributed by atoms with E-state index in [-0.39, 0.29) is 6.03 Å². The first-order valence-electron chi connectivity index (χ1n) is 8.44. The van der Waals surface area contributed by atoms with Gasteiger partial charge in [-0.05, 0) is 29.8 Å². The standard InChI is InChI=1S/C20H22N4O3/c1-24-13-12-21-19(24)18(14-8-10-15(26-2)11-9-14)23-20(25)22-16-6-4-5-7-17(16)27-3/h4-13,18H,1-3H3,(H2,22,23,25)/t18-/m1/s1. The monoisotopic (exact) mass is 366 g/mol. The van der Waals surface area contributed by atoms with Crippen molar-refractivity contribution in [2.24, 2.45) is 7.05 Å². The van der Waals surface area contributed by atoms with Gasteiger partial charge >= 0.3 is 6.03 Å². The van der Waals surface area contributed by atoms with Gasteiger partial charge in [0.2, 0.25) is 0 Å². The maximum absolute atomic E-state index is 12.7. The minimum atomic E-state index is -0.425. The van der Waals surface area contributed by atoms with Gasteiger partial charge in [-0.2, -0.15) is 0 Å². The molecule has 1 aromatic heterocycles. The molecule has 0 unspecified atom stereocenters. The number of rotatable bonds is 6. The molecule has 7 nitrogen and oxygen atoms in total. The molecular weight excluding hydrogens is 344 g/mol. The Bertz CT molecular complexity index is 906. The molecule has 0 saturated carbocycles. The number of imidazole rings is 1. The molecule has 0 bridgehead atoms. The predicted molar refractivity (Wildman–Crippen MR) is 103 cm³/mol. The minimum absolute atomic E-state index is 0.358. The summed E-state index contributed by atoms with van der Waals surface area (Å²) in [6.45, 7) is 0. The molecule has 0 aliphatic rings. The van der Waals surface area contributed by atoms with Crippen LogP contribution in [0.4, 0.5) is 10.5 Å². The van der Waals surface area contributed by atoms with Gasteiger partial charge < -0.3 is 24.7 Å². The number of benzene rings is 2. The minimum Gasteiger partial charge on any atom is -0.497 e. The largest absolute Gasteiger partial charge is 0.497 e. The number of urea groups is 1. The lowest BCUT2D eigenvalue weighted by atomic mass is 10.1. The van der Waals surface area contributed by atoms with Crippen LogP contribution in [0.25, 0.3) is 0 Å². The molecule has 2 amide bonds. The Kier molecular flexibility index (Phi) is 5.61. The van der Waals surface area contributed by atoms with E-state index in [1.54, 1.807) is 32.5 Å². The third kappa shape index (κ3) is 4.20. The molecule has 2 N–H and O–H groups in total. The molecule has 27 heavy (non-hydrogen) atoms. The first kappa shape index (κ1) is 18.3. The third-order valence-corrected chi connectivity index (χ3v) is 4.20. The number of methoxy groups -OCH3 is 2. The zero-order valence-electron chi connectivity index (χ0n) is 15.5. The lowest BCUT2D eigenvalue weighted by molar-refractivity contribution is 0.249. The smallest absolute Gasteiger partial charge is 0.320 e. The van der Waals surface area contributed by atoms with Gasteiger partial charge in [-0.25, -0.2) is 9.78 Å². The fourth-order valence-corrected chi connectivity index (χ4v) is 2.79. The van der Waals surface area contributed by atoms with Crippen LogP contribution < -0.4 is 20.1 Å². The van der Waals surface area contributed by atoms with E-state index in [1.807, 2.05) is 54.2 Å². The summed E-state index contributed by atoms with van der Waals surface area (Å²) in [7, 11) is 5.06. The Labute approximate surface area is 157 Å². The first-order valence-corrected chi connectivity index (χ1v) is 8.44. The number of carbonyl (C=O) groups excluding carboxylic acids is 1. The Balaban J connectivity index is 1.85. The van der Waals surface area contributed by atoms with Gasteiger partial charge in [0.05, 0.1) is 19.9 Å². The highest BCUT2D eigenvalue weighted by molar-refractivity contribution is 5.91. The number of anilines is 1. The van der Waals surface area contributed by atoms with Crippen molar-refractivity contribution in [1.82, 2.24) is 14.9 Å². The summed E-state index contributed by atoms with van der Waals surface area (Å²) in [5, 5.41) is 5.81. The molecule has 1 atom stereocenters. The topological polar surface area (TPSA) is 77.4 Å². The fraction of sp³-hybridized carbons (Fsp3) is 0.200. The second kappa shape index (κ2) is 8.27. The van der Waals surface area contributed by atoms with E-state index in [2.05, 4.69) is 15.6 Å². The van der Waals surface area contributed by atoms with Crippen molar-refractivity contribution in [1.29, 1.82) is 0 Å². The summed E-state index contributed by atoms with van der Waals surface area (Å²) in [6, 6.07) is 14.0. The Morgan fingerprint density at radius 1 is 1.07 bits per heavy atom. The first-order chi connectivity index (χ1) is 13.1. The van der Waals surface area contributed by atoms with Crippen LogP contribution in [-0.2, 0) is 7.05 Å². The molecule has 0 radical (unpaired) electrons. The number of aromatic nitrogens is 2. The Morgan fingerprint density at radius 2 is 1.81 bits per heavy atom. The van der Waals surface area contributed by atoms with Crippen LogP contribution >= 0.6 is 0 Å². The molecule has 140 valence electrons. The second-order valence-electron chi connectivity index (χ2n) is 5.90. The SMILES string of the molecule is COc1ccc([C@@H](NC(=O)Nc2ccccc2OC)c2nccn2C)cc1. The molecule has 2 aromatic carbocycles. The van der Waals surface area contributed by atoms with E-state index in [1.165, 1.54) is 0 Å². The number of aryl methyl sites for hydroxylation is 1. The summed E-state index contributed by atoms with van der Waals surface area (Å²) >= 11 is 0. The predicted octanol–water partition coefficient (Wildman–Crippen LogP) is 3.35. The molecule has 0 spiro atoms. The molecule has 1 heterocycles. The quantitative estimate of drug-likeness (QED) is 0.701. The zero-order chi connectivity index (χ0) is 19.2. The van der Waals surface area contributed by atoms with Crippen molar-refractivity contribution in [3.63, 3.8) is 0 Å². The Morgan fingerprint density at radius 3 is 2.44 bits per heavy atom. The summed E-state index contributed by atoms with van der Waals surface area (Å²) < 4.78 is 12.4. The zero-order valence-corrected chi connectivity index (χ0v) is 15.5. The van der Waals surface area contributed by atoms with Gasteiger partial charge in [0, 0.05) is 19.4 Å². The number of nitrogens with one attached hydrogen (secondary N) is 2. The van der Waals surface area contributed by atoms with Gasteiger partial charge in [-0.1, -0.05) is 24.3 Å². The number of nitrogens with zero attached hydrogens (tertiary/aromatic N) is 2. The van der Waals surface area contributed by atoms with Crippen LogP contribution in [-0.4, -0.2) is 29.8 Å². The molecule has 0 fully saturated rings. The maximum atomic E-state index is 12.7. The highest BCUT2D eigenvalue weighted by Gasteiger charge is 2.21. The molecular formula is C20H22N4O3. The number of amides is 2. The Hall–Kier alpha value is -3.48. The van der Waals surface area contributed by atoms with Crippen LogP contribution in [0, 0.1) is 0 Å². The molecule has 0 aliphatic heterocycles. The van der Waals surface area contributed by atoms with Gasteiger partial charge in [0.15, 0.2) is 0 Å². The van der Waals surface area contributed by atoms with Gasteiger partial charge in [0.25, 0.3) is 0 Å². The van der Waals surface area contributed by atoms with Gasteiger partial charge in [-0.15, -0.1) is 0 Å². The van der Waals surface area contributed by atoms with E-state index in [0.717, 1.165) is 17.1 Å². The second-order valence-corrected chi connectivity index (χ2v) is 5.90. The summed E-state index contributed by atoms with van der Waals surface area (Å²) in [5.41, 5.74) is 1.48. The average Bonchev–Trinajstić information content (AvgIpc) is 3.12. The van der Waals surface area contributed by atoms with E-state index in [4.69, 9.17) is 9.47 Å². The third-order valence-electron chi connectivity index (χ3n) is 4.20. The van der Waals surface area contributed by atoms with E-state index >= 15 is 0 Å². The maximum Gasteiger partial charge on any atom is 0.320 e. The summed E-state index contributed by atoms with van der Waals surface area (Å²) in [4.78, 5) is 17.0. The number of para-hydroxylation sites is 2. The van der Waals surface area contributed by atoms with Crippen LogP contribution in [0.2, 0.25) is 0 Å². The number of ether oxygens (including phenoxy) is 2. The van der Waals surface area contributed by atoms with Gasteiger partial charge in [0.1, 0.15) is 23.4 Å². The van der Waals surface area contributed by atoms with E-state index in [9.17, 15) is 4.79 Å². The van der Waals surface area contributed by atoms with Crippen molar-refractivity contribution < 1.29 is 14.3 Å². The lowest BCUT2D eigenvalue weighted by Crippen LogP contribution is -2.34. The van der Waals surface area contributed by atoms with Crippen LogP contribution in [0.1, 0.15) is 17.4 Å². The highest BCUT2D eigenvalue weighted by atomic mass is 16.5. The number of carbonyl (C=O) groups is 1. The van der Waals surface area contributed by atoms with Crippen LogP contribution in [0.15, 0.2) is 60.9 Å². The lowest BCUT2D eigenvalue weighted by Gasteiger charge is -2.20. The summed E-state index contributed by atoms with van der Waals surface area (Å²) in [5.74, 6) is 2.05. The molecule has 7 heteroatoms. The van der Waals surface area contributed by atoms with E-state index < -0.39 is 6.04 Å². The van der Waals surface area contributed by atoms with Crippen molar-refractivity contribution in [3.8, 4) is 11.5 Å². The normalized spacial score (nSPS) is 11.5. The van der Waals surface area contributed by atoms with Crippen LogP contribution in [0.3, 0.4) is 0 Å². The van der Waals surface area contributed by atoms with Crippen molar-refractivity contribution in [3.05, 3.63) is 72.3 Å². The fourth-order valence-electron chi connectivity index (χ4n) is 2.79.